The van der Waals surface area contributed by atoms with Crippen LogP contribution in [0, 0.1) is 17.9 Å². The van der Waals surface area contributed by atoms with Crippen molar-refractivity contribution in [2.75, 3.05) is 9.80 Å². The molecule has 302 valence electrons. The standard InChI is InChI=1S/C60H42N4/c1-59(2)47-14-8-6-12-43(47)57-49(59)16-10-18-53(57)63(41-28-20-37(36-61)21-29-41)51-34-24-38-23-33-46-52(35-25-39-22-32-45(51)55(38)56(39)46)64(42-30-26-40(62-5)27-31-42)54-19-11-17-50-58(54)44-13-7-9-15-48(44)60(50,3)4/h6-35H,1-4H3. The summed E-state index contributed by atoms with van der Waals surface area (Å²) >= 11 is 0. The van der Waals surface area contributed by atoms with E-state index >= 15 is 0 Å². The highest BCUT2D eigenvalue weighted by Crippen LogP contribution is 2.57. The highest BCUT2D eigenvalue weighted by molar-refractivity contribution is 6.28. The lowest BCUT2D eigenvalue weighted by Gasteiger charge is -2.31. The van der Waals surface area contributed by atoms with Gasteiger partial charge in [0.05, 0.1) is 41.0 Å². The summed E-state index contributed by atoms with van der Waals surface area (Å²) in [5.74, 6) is 0. The highest BCUT2D eigenvalue weighted by Gasteiger charge is 2.39. The zero-order chi connectivity index (χ0) is 43.5. The number of nitrogens with zero attached hydrogens (tertiary/aromatic N) is 4. The van der Waals surface area contributed by atoms with E-state index in [9.17, 15) is 5.26 Å². The monoisotopic (exact) mass is 818 g/mol. The number of rotatable bonds is 6. The van der Waals surface area contributed by atoms with Crippen LogP contribution in [0.25, 0.3) is 59.4 Å². The number of benzene rings is 10. The molecule has 2 aliphatic carbocycles. The maximum Gasteiger partial charge on any atom is 0.187 e. The van der Waals surface area contributed by atoms with E-state index in [1.165, 1.54) is 66.1 Å². The molecule has 2 aliphatic rings. The molecule has 0 spiro atoms. The van der Waals surface area contributed by atoms with Gasteiger partial charge in [-0.05, 0) is 116 Å². The van der Waals surface area contributed by atoms with Crippen molar-refractivity contribution in [2.24, 2.45) is 0 Å². The van der Waals surface area contributed by atoms with E-state index in [4.69, 9.17) is 6.57 Å². The lowest BCUT2D eigenvalue weighted by molar-refractivity contribution is 0.660. The molecule has 0 atom stereocenters. The zero-order valence-electron chi connectivity index (χ0n) is 36.1. The lowest BCUT2D eigenvalue weighted by atomic mass is 9.82. The smallest absolute Gasteiger partial charge is 0.187 e. The Bertz CT molecular complexity index is 3390. The van der Waals surface area contributed by atoms with Crippen LogP contribution in [0.1, 0.15) is 55.5 Å². The van der Waals surface area contributed by atoms with Gasteiger partial charge in [-0.15, -0.1) is 0 Å². The molecule has 0 aromatic heterocycles. The Hall–Kier alpha value is -8.18. The Morgan fingerprint density at radius 3 is 1.31 bits per heavy atom. The van der Waals surface area contributed by atoms with Crippen LogP contribution in [0.2, 0.25) is 0 Å². The van der Waals surface area contributed by atoms with E-state index in [0.29, 0.717) is 11.3 Å². The van der Waals surface area contributed by atoms with Gasteiger partial charge in [-0.2, -0.15) is 5.26 Å². The average molecular weight is 819 g/mol. The molecule has 10 aromatic carbocycles. The van der Waals surface area contributed by atoms with Crippen molar-refractivity contribution in [3.8, 4) is 28.3 Å². The number of hydrogen-bond donors (Lipinski definition) is 0. The van der Waals surface area contributed by atoms with Crippen LogP contribution >= 0.6 is 0 Å². The first-order chi connectivity index (χ1) is 31.2. The Morgan fingerprint density at radius 1 is 0.438 bits per heavy atom. The molecule has 10 aromatic rings. The van der Waals surface area contributed by atoms with Crippen LogP contribution in [-0.4, -0.2) is 0 Å². The number of nitriles is 1. The molecular formula is C60H42N4. The molecule has 0 unspecified atom stereocenters. The first-order valence-electron chi connectivity index (χ1n) is 21.9. The lowest BCUT2D eigenvalue weighted by Crippen LogP contribution is -2.16. The van der Waals surface area contributed by atoms with Crippen molar-refractivity contribution >= 4 is 72.1 Å². The van der Waals surface area contributed by atoms with Crippen LogP contribution < -0.4 is 9.80 Å². The summed E-state index contributed by atoms with van der Waals surface area (Å²) in [4.78, 5) is 8.57. The molecule has 0 aliphatic heterocycles. The largest absolute Gasteiger partial charge is 0.309 e. The van der Waals surface area contributed by atoms with E-state index in [-0.39, 0.29) is 10.8 Å². The third-order valence-corrected chi connectivity index (χ3v) is 14.2. The van der Waals surface area contributed by atoms with Gasteiger partial charge in [-0.1, -0.05) is 149 Å². The van der Waals surface area contributed by atoms with Crippen molar-refractivity contribution in [1.29, 1.82) is 5.26 Å². The third-order valence-electron chi connectivity index (χ3n) is 14.2. The predicted octanol–water partition coefficient (Wildman–Crippen LogP) is 16.6. The SMILES string of the molecule is [C-]#[N+]c1ccc(N(c2cccc3c2-c2ccccc2C3(C)C)c2ccc3ccc4c(N(c5ccc(C#N)cc5)c5cccc6c5-c5ccccc5C6(C)C)ccc5ccc2c3c54)cc1. The second kappa shape index (κ2) is 13.7. The van der Waals surface area contributed by atoms with Gasteiger partial charge in [-0.3, -0.25) is 0 Å². The van der Waals surface area contributed by atoms with Crippen LogP contribution in [-0.2, 0) is 10.8 Å². The molecule has 0 N–H and O–H groups in total. The molecule has 0 saturated heterocycles. The number of anilines is 6. The molecule has 0 saturated carbocycles. The summed E-state index contributed by atoms with van der Waals surface area (Å²) in [6, 6.07) is 67.7. The van der Waals surface area contributed by atoms with Crippen LogP contribution in [0.15, 0.2) is 182 Å². The van der Waals surface area contributed by atoms with Gasteiger partial charge in [0.2, 0.25) is 0 Å². The molecule has 0 radical (unpaired) electrons. The van der Waals surface area contributed by atoms with Crippen LogP contribution in [0.5, 0.6) is 0 Å². The number of hydrogen-bond acceptors (Lipinski definition) is 3. The van der Waals surface area contributed by atoms with Crippen LogP contribution in [0.3, 0.4) is 0 Å². The first-order valence-corrected chi connectivity index (χ1v) is 21.9. The van der Waals surface area contributed by atoms with Crippen molar-refractivity contribution in [1.82, 2.24) is 0 Å². The first kappa shape index (κ1) is 37.6. The Balaban J connectivity index is 1.13. The minimum atomic E-state index is -0.170. The molecule has 4 heteroatoms. The molecule has 0 fully saturated rings. The van der Waals surface area contributed by atoms with Gasteiger partial charge in [0.25, 0.3) is 0 Å². The zero-order valence-corrected chi connectivity index (χ0v) is 36.1. The van der Waals surface area contributed by atoms with E-state index in [0.717, 1.165) is 44.9 Å². The predicted molar refractivity (Wildman–Crippen MR) is 266 cm³/mol. The maximum absolute atomic E-state index is 9.86. The van der Waals surface area contributed by atoms with Gasteiger partial charge in [0.1, 0.15) is 0 Å². The molecule has 0 amide bonds. The molecule has 0 bridgehead atoms. The normalized spacial score (nSPS) is 13.8. The second-order valence-electron chi connectivity index (χ2n) is 18.3. The van der Waals surface area contributed by atoms with Gasteiger partial charge in [-0.25, -0.2) is 4.85 Å². The molecule has 4 nitrogen and oxygen atoms in total. The van der Waals surface area contributed by atoms with Crippen molar-refractivity contribution < 1.29 is 0 Å². The summed E-state index contributed by atoms with van der Waals surface area (Å²) in [5.41, 5.74) is 17.5. The Labute approximate surface area is 373 Å². The molecular weight excluding hydrogens is 777 g/mol. The number of fused-ring (bicyclic) bond motifs is 6. The summed E-state index contributed by atoms with van der Waals surface area (Å²) in [6.07, 6.45) is 0. The summed E-state index contributed by atoms with van der Waals surface area (Å²) in [6.45, 7) is 17.1. The van der Waals surface area contributed by atoms with Crippen molar-refractivity contribution in [3.63, 3.8) is 0 Å². The van der Waals surface area contributed by atoms with Gasteiger partial charge in [0.15, 0.2) is 5.69 Å². The Morgan fingerprint density at radius 2 is 0.859 bits per heavy atom. The molecule has 12 rings (SSSR count). The van der Waals surface area contributed by atoms with Crippen LogP contribution in [0.4, 0.5) is 39.8 Å². The van der Waals surface area contributed by atoms with E-state index < -0.39 is 0 Å². The average Bonchev–Trinajstić information content (AvgIpc) is 3.72. The summed E-state index contributed by atoms with van der Waals surface area (Å²) in [7, 11) is 0. The topological polar surface area (TPSA) is 34.6 Å². The van der Waals surface area contributed by atoms with Gasteiger partial charge < -0.3 is 9.80 Å². The van der Waals surface area contributed by atoms with E-state index in [2.05, 4.69) is 206 Å². The molecule has 64 heavy (non-hydrogen) atoms. The van der Waals surface area contributed by atoms with Crippen molar-refractivity contribution in [2.45, 2.75) is 38.5 Å². The maximum atomic E-state index is 9.86. The van der Waals surface area contributed by atoms with Gasteiger partial charge >= 0.3 is 0 Å². The second-order valence-corrected chi connectivity index (χ2v) is 18.3. The minimum Gasteiger partial charge on any atom is -0.309 e. The quantitative estimate of drug-likeness (QED) is 0.124. The van der Waals surface area contributed by atoms with Gasteiger partial charge in [0, 0.05) is 44.1 Å². The summed E-state index contributed by atoms with van der Waals surface area (Å²) < 4.78 is 0. The fraction of sp³-hybridized carbons (Fsp3) is 0.100. The van der Waals surface area contributed by atoms with E-state index in [1.54, 1.807) is 0 Å². The third kappa shape index (κ3) is 5.21. The Kier molecular flexibility index (Phi) is 8.02. The highest BCUT2D eigenvalue weighted by atomic mass is 15.2. The minimum absolute atomic E-state index is 0.169. The molecule has 0 heterocycles. The van der Waals surface area contributed by atoms with Crippen molar-refractivity contribution in [3.05, 3.63) is 221 Å². The fourth-order valence-electron chi connectivity index (χ4n) is 11.2. The fourth-order valence-corrected chi connectivity index (χ4v) is 11.2. The van der Waals surface area contributed by atoms with E-state index in [1.807, 2.05) is 24.3 Å². The summed E-state index contributed by atoms with van der Waals surface area (Å²) in [5, 5.41) is 16.9.